The topological polar surface area (TPSA) is 125 Å². The summed E-state index contributed by atoms with van der Waals surface area (Å²) in [5.74, 6) is 1.73. The number of nitrogens with one attached hydrogen (secondary N) is 2. The van der Waals surface area contributed by atoms with Gasteiger partial charge in [-0.2, -0.15) is 0 Å². The zero-order valence-electron chi connectivity index (χ0n) is 16.7. The second-order valence-corrected chi connectivity index (χ2v) is 7.41. The van der Waals surface area contributed by atoms with E-state index in [0.29, 0.717) is 17.7 Å². The maximum Gasteiger partial charge on any atom is 0.296 e. The molecule has 162 valence electrons. The van der Waals surface area contributed by atoms with Crippen molar-refractivity contribution in [3.8, 4) is 11.8 Å². The molecule has 2 N–H and O–H groups in total. The Labute approximate surface area is 181 Å². The van der Waals surface area contributed by atoms with Crippen LogP contribution in [-0.4, -0.2) is 46.2 Å². The minimum atomic E-state index is -1.04. The maximum atomic E-state index is 12.9. The lowest BCUT2D eigenvalue weighted by atomic mass is 10.0. The summed E-state index contributed by atoms with van der Waals surface area (Å²) < 4.78 is 12.9. The van der Waals surface area contributed by atoms with Crippen molar-refractivity contribution in [2.45, 2.75) is 38.3 Å². The van der Waals surface area contributed by atoms with Crippen LogP contribution in [0.4, 0.5) is 4.39 Å². The largest absolute Gasteiger partial charge is 0.341 e. The monoisotopic (exact) mass is 436 g/mol. The van der Waals surface area contributed by atoms with Gasteiger partial charge in [0.25, 0.3) is 17.7 Å². The molecular formula is C22H17FN4O5. The second-order valence-electron chi connectivity index (χ2n) is 7.41. The van der Waals surface area contributed by atoms with Crippen LogP contribution >= 0.6 is 0 Å². The van der Waals surface area contributed by atoms with E-state index >= 15 is 0 Å². The summed E-state index contributed by atoms with van der Waals surface area (Å²) in [6, 6.07) is 3.49. The number of allylic oxidation sites excluding steroid dienone is 1. The molecule has 0 radical (unpaired) electrons. The molecule has 0 bridgehead atoms. The van der Waals surface area contributed by atoms with Crippen molar-refractivity contribution in [2.75, 3.05) is 0 Å². The molecule has 1 unspecified atom stereocenters. The Hall–Kier alpha value is -4.13. The van der Waals surface area contributed by atoms with E-state index < -0.39 is 35.6 Å². The molecule has 1 fully saturated rings. The Morgan fingerprint density at radius 1 is 1.16 bits per heavy atom. The van der Waals surface area contributed by atoms with Crippen LogP contribution in [0.3, 0.4) is 0 Å². The molecular weight excluding hydrogens is 419 g/mol. The van der Waals surface area contributed by atoms with Crippen molar-refractivity contribution in [3.05, 3.63) is 46.9 Å². The summed E-state index contributed by atoms with van der Waals surface area (Å²) in [6.07, 6.45) is 1.72. The molecule has 0 aromatic heterocycles. The molecule has 1 atom stereocenters. The number of hydrogen-bond acceptors (Lipinski definition) is 6. The molecule has 4 rings (SSSR count). The molecule has 5 amide bonds. The quantitative estimate of drug-likeness (QED) is 0.535. The van der Waals surface area contributed by atoms with Crippen molar-refractivity contribution in [1.29, 1.82) is 0 Å². The molecule has 0 spiro atoms. The smallest absolute Gasteiger partial charge is 0.296 e. The van der Waals surface area contributed by atoms with Crippen LogP contribution in [0, 0.1) is 11.8 Å². The van der Waals surface area contributed by atoms with Crippen molar-refractivity contribution in [3.63, 3.8) is 0 Å². The maximum absolute atomic E-state index is 12.9. The number of carbonyl (C=O) groups excluding carboxylic acids is 5. The van der Waals surface area contributed by atoms with Crippen molar-refractivity contribution in [1.82, 2.24) is 15.5 Å². The minimum Gasteiger partial charge on any atom is -0.341 e. The highest BCUT2D eigenvalue weighted by atomic mass is 19.1. The van der Waals surface area contributed by atoms with Gasteiger partial charge in [-0.05, 0) is 30.0 Å². The van der Waals surface area contributed by atoms with Crippen LogP contribution < -0.4 is 10.6 Å². The van der Waals surface area contributed by atoms with E-state index in [0.717, 1.165) is 11.1 Å². The van der Waals surface area contributed by atoms with Crippen molar-refractivity contribution in [2.24, 2.45) is 4.99 Å². The lowest BCUT2D eigenvalue weighted by Crippen LogP contribution is -2.54. The first-order valence-electron chi connectivity index (χ1n) is 9.89. The predicted octanol–water partition coefficient (Wildman–Crippen LogP) is 0.753. The Bertz CT molecular complexity index is 1190. The highest BCUT2D eigenvalue weighted by Crippen LogP contribution is 2.28. The van der Waals surface area contributed by atoms with Crippen LogP contribution in [0.15, 0.2) is 35.2 Å². The Kier molecular flexibility index (Phi) is 5.64. The summed E-state index contributed by atoms with van der Waals surface area (Å²) in [5.41, 5.74) is 1.26. The van der Waals surface area contributed by atoms with Gasteiger partial charge in [-0.15, -0.1) is 0 Å². The van der Waals surface area contributed by atoms with E-state index in [-0.39, 0.29) is 42.8 Å². The van der Waals surface area contributed by atoms with Gasteiger partial charge in [0.05, 0.1) is 23.0 Å². The SMILES string of the molecule is O=C(C#CC1=NC=C(F)CC1)NCc1ccc2c(c1)C(=O)N(C1CCC(=O)NC1=O)C2=O. The van der Waals surface area contributed by atoms with Crippen LogP contribution in [0.2, 0.25) is 0 Å². The number of rotatable bonds is 3. The first-order valence-corrected chi connectivity index (χ1v) is 9.89. The van der Waals surface area contributed by atoms with Gasteiger partial charge in [0.1, 0.15) is 11.9 Å². The van der Waals surface area contributed by atoms with E-state index in [4.69, 9.17) is 0 Å². The molecule has 3 aliphatic rings. The fraction of sp³-hybridized carbons (Fsp3) is 0.273. The molecule has 0 aliphatic carbocycles. The fourth-order valence-electron chi connectivity index (χ4n) is 3.59. The molecule has 9 nitrogen and oxygen atoms in total. The second kappa shape index (κ2) is 8.55. The number of imide groups is 2. The highest BCUT2D eigenvalue weighted by Gasteiger charge is 2.44. The first-order chi connectivity index (χ1) is 15.3. The standard InChI is InChI=1S/C22H17FN4O5/c23-13-2-3-14(24-11-13)4-7-18(28)25-10-12-1-5-15-16(9-12)22(32)27(21(15)31)17-6-8-19(29)26-20(17)30/h1,5,9,11,17H,2-3,6,8,10H2,(H,25,28)(H,26,29,30). The normalized spacial score (nSPS) is 20.0. The average Bonchev–Trinajstić information content (AvgIpc) is 3.02. The molecule has 0 saturated carbocycles. The zero-order valence-corrected chi connectivity index (χ0v) is 16.7. The zero-order chi connectivity index (χ0) is 22.8. The molecule has 32 heavy (non-hydrogen) atoms. The Morgan fingerprint density at radius 2 is 1.94 bits per heavy atom. The third-order valence-corrected chi connectivity index (χ3v) is 5.24. The lowest BCUT2D eigenvalue weighted by Gasteiger charge is -2.27. The number of fused-ring (bicyclic) bond motifs is 1. The van der Waals surface area contributed by atoms with Crippen molar-refractivity contribution < 1.29 is 28.4 Å². The van der Waals surface area contributed by atoms with Crippen LogP contribution in [-0.2, 0) is 20.9 Å². The van der Waals surface area contributed by atoms with Gasteiger partial charge in [-0.1, -0.05) is 6.07 Å². The van der Waals surface area contributed by atoms with Crippen molar-refractivity contribution >= 4 is 35.2 Å². The average molecular weight is 436 g/mol. The number of halogens is 1. The molecule has 1 aromatic rings. The van der Waals surface area contributed by atoms with Crippen LogP contribution in [0.1, 0.15) is 52.0 Å². The van der Waals surface area contributed by atoms with Gasteiger partial charge in [0.15, 0.2) is 0 Å². The number of hydrogen-bond donors (Lipinski definition) is 2. The number of benzene rings is 1. The first kappa shape index (κ1) is 21.1. The molecule has 1 saturated heterocycles. The molecule has 10 heteroatoms. The summed E-state index contributed by atoms with van der Waals surface area (Å²) in [7, 11) is 0. The number of aliphatic imine (C=N–C) groups is 1. The summed E-state index contributed by atoms with van der Waals surface area (Å²) in [4.78, 5) is 65.6. The Balaban J connectivity index is 1.42. The van der Waals surface area contributed by atoms with E-state index in [1.807, 2.05) is 0 Å². The number of piperidine rings is 1. The van der Waals surface area contributed by atoms with E-state index in [1.54, 1.807) is 6.07 Å². The fourth-order valence-corrected chi connectivity index (χ4v) is 3.59. The van der Waals surface area contributed by atoms with Gasteiger partial charge in [-0.3, -0.25) is 34.2 Å². The number of amides is 5. The third-order valence-electron chi connectivity index (χ3n) is 5.24. The molecule has 3 aliphatic heterocycles. The van der Waals surface area contributed by atoms with Gasteiger partial charge in [0.2, 0.25) is 11.8 Å². The molecule has 1 aromatic carbocycles. The predicted molar refractivity (Wildman–Crippen MR) is 109 cm³/mol. The summed E-state index contributed by atoms with van der Waals surface area (Å²) >= 11 is 0. The number of nitrogens with zero attached hydrogens (tertiary/aromatic N) is 2. The van der Waals surface area contributed by atoms with E-state index in [9.17, 15) is 28.4 Å². The molecule has 3 heterocycles. The highest BCUT2D eigenvalue weighted by molar-refractivity contribution is 6.23. The summed E-state index contributed by atoms with van der Waals surface area (Å²) in [6.45, 7) is 0.0572. The minimum absolute atomic E-state index is 0.0414. The van der Waals surface area contributed by atoms with E-state index in [2.05, 4.69) is 27.5 Å². The number of carbonyl (C=O) groups is 5. The third kappa shape index (κ3) is 4.18. The lowest BCUT2D eigenvalue weighted by molar-refractivity contribution is -0.136. The Morgan fingerprint density at radius 3 is 2.66 bits per heavy atom. The van der Waals surface area contributed by atoms with E-state index in [1.165, 1.54) is 12.1 Å². The van der Waals surface area contributed by atoms with Gasteiger partial charge in [-0.25, -0.2) is 9.38 Å². The van der Waals surface area contributed by atoms with Crippen LogP contribution in [0.25, 0.3) is 0 Å². The van der Waals surface area contributed by atoms with Gasteiger partial charge in [0, 0.05) is 31.7 Å². The van der Waals surface area contributed by atoms with Gasteiger partial charge < -0.3 is 5.32 Å². The van der Waals surface area contributed by atoms with Gasteiger partial charge >= 0.3 is 0 Å². The summed E-state index contributed by atoms with van der Waals surface area (Å²) in [5, 5.41) is 4.72. The van der Waals surface area contributed by atoms with Crippen LogP contribution in [0.5, 0.6) is 0 Å².